The first kappa shape index (κ1) is 17.0. The van der Waals surface area contributed by atoms with Gasteiger partial charge in [0.15, 0.2) is 0 Å². The summed E-state index contributed by atoms with van der Waals surface area (Å²) < 4.78 is 0. The van der Waals surface area contributed by atoms with Crippen molar-refractivity contribution in [2.75, 3.05) is 25.0 Å². The van der Waals surface area contributed by atoms with Crippen molar-refractivity contribution in [3.05, 3.63) is 29.8 Å². The highest BCUT2D eigenvalue weighted by molar-refractivity contribution is 6.05. The molecule has 0 aliphatic heterocycles. The van der Waals surface area contributed by atoms with Crippen molar-refractivity contribution in [2.45, 2.75) is 26.2 Å². The number of carbonyl (C=O) groups is 3. The van der Waals surface area contributed by atoms with Gasteiger partial charge in [-0.3, -0.25) is 14.4 Å². The largest absolute Gasteiger partial charge is 0.481 e. The summed E-state index contributed by atoms with van der Waals surface area (Å²) in [4.78, 5) is 38.7. The maximum absolute atomic E-state index is 12.7. The summed E-state index contributed by atoms with van der Waals surface area (Å²) in [6, 6.07) is 6.96. The second kappa shape index (κ2) is 7.26. The smallest absolute Gasteiger partial charge is 0.305 e. The number of anilines is 1. The maximum Gasteiger partial charge on any atom is 0.305 e. The zero-order chi connectivity index (χ0) is 17.0. The number of hydrogen-bond acceptors (Lipinski definition) is 3. The molecule has 1 aromatic carbocycles. The lowest BCUT2D eigenvalue weighted by atomic mass is 10.1. The summed E-state index contributed by atoms with van der Waals surface area (Å²) in [7, 11) is 1.68. The van der Waals surface area contributed by atoms with Crippen LogP contribution in [0.2, 0.25) is 0 Å². The van der Waals surface area contributed by atoms with Gasteiger partial charge in [-0.15, -0.1) is 0 Å². The first-order valence-electron chi connectivity index (χ1n) is 7.83. The van der Waals surface area contributed by atoms with E-state index in [1.807, 2.05) is 0 Å². The lowest BCUT2D eigenvalue weighted by molar-refractivity contribution is -0.137. The van der Waals surface area contributed by atoms with Gasteiger partial charge in [-0.25, -0.2) is 0 Å². The van der Waals surface area contributed by atoms with Crippen molar-refractivity contribution in [2.24, 2.45) is 5.92 Å². The van der Waals surface area contributed by atoms with Crippen molar-refractivity contribution < 1.29 is 19.5 Å². The van der Waals surface area contributed by atoms with Gasteiger partial charge in [0.1, 0.15) is 0 Å². The Bertz CT molecular complexity index is 610. The topological polar surface area (TPSA) is 77.9 Å². The van der Waals surface area contributed by atoms with Crippen molar-refractivity contribution in [1.82, 2.24) is 4.90 Å². The van der Waals surface area contributed by atoms with E-state index in [2.05, 4.69) is 0 Å². The number of nitrogens with zero attached hydrogens (tertiary/aromatic N) is 2. The van der Waals surface area contributed by atoms with Crippen molar-refractivity contribution in [1.29, 1.82) is 0 Å². The Morgan fingerprint density at radius 1 is 1.22 bits per heavy atom. The predicted octanol–water partition coefficient (Wildman–Crippen LogP) is 2.00. The molecule has 1 saturated carbocycles. The van der Waals surface area contributed by atoms with Crippen LogP contribution in [0.5, 0.6) is 0 Å². The number of aliphatic carboxylic acids is 1. The van der Waals surface area contributed by atoms with E-state index in [1.165, 1.54) is 9.80 Å². The Labute approximate surface area is 135 Å². The molecular weight excluding hydrogens is 296 g/mol. The fraction of sp³-hybridized carbons (Fsp3) is 0.471. The molecule has 1 aliphatic rings. The van der Waals surface area contributed by atoms with Gasteiger partial charge in [-0.1, -0.05) is 12.1 Å². The number of rotatable bonds is 7. The van der Waals surface area contributed by atoms with Gasteiger partial charge in [0.2, 0.25) is 5.91 Å². The third kappa shape index (κ3) is 4.09. The van der Waals surface area contributed by atoms with Gasteiger partial charge in [-0.05, 0) is 31.9 Å². The number of para-hydroxylation sites is 1. The van der Waals surface area contributed by atoms with Gasteiger partial charge >= 0.3 is 5.97 Å². The lowest BCUT2D eigenvalue weighted by Gasteiger charge is -2.25. The maximum atomic E-state index is 12.7. The zero-order valence-corrected chi connectivity index (χ0v) is 13.5. The molecule has 23 heavy (non-hydrogen) atoms. The van der Waals surface area contributed by atoms with E-state index in [1.54, 1.807) is 38.2 Å². The van der Waals surface area contributed by atoms with E-state index in [0.29, 0.717) is 17.8 Å². The number of carboxylic acid groups (broad SMARTS) is 1. The number of carboxylic acids is 1. The predicted molar refractivity (Wildman–Crippen MR) is 86.4 cm³/mol. The number of benzene rings is 1. The molecule has 1 fully saturated rings. The fourth-order valence-electron chi connectivity index (χ4n) is 2.47. The van der Waals surface area contributed by atoms with Crippen molar-refractivity contribution in [3.8, 4) is 0 Å². The minimum atomic E-state index is -0.939. The minimum Gasteiger partial charge on any atom is -0.481 e. The van der Waals surface area contributed by atoms with Crippen molar-refractivity contribution in [3.63, 3.8) is 0 Å². The van der Waals surface area contributed by atoms with E-state index in [0.717, 1.165) is 12.8 Å². The van der Waals surface area contributed by atoms with E-state index < -0.39 is 5.97 Å². The Hall–Kier alpha value is -2.37. The van der Waals surface area contributed by atoms with Gasteiger partial charge < -0.3 is 14.9 Å². The molecule has 0 radical (unpaired) electrons. The highest BCUT2D eigenvalue weighted by atomic mass is 16.4. The summed E-state index contributed by atoms with van der Waals surface area (Å²) >= 11 is 0. The molecule has 1 aromatic rings. The van der Waals surface area contributed by atoms with E-state index in [9.17, 15) is 14.4 Å². The van der Waals surface area contributed by atoms with Crippen LogP contribution in [-0.2, 0) is 9.59 Å². The van der Waals surface area contributed by atoms with Gasteiger partial charge in [0.05, 0.1) is 17.7 Å². The highest BCUT2D eigenvalue weighted by Gasteiger charge is 2.33. The second-order valence-electron chi connectivity index (χ2n) is 5.72. The van der Waals surface area contributed by atoms with Crippen LogP contribution in [-0.4, -0.2) is 47.9 Å². The summed E-state index contributed by atoms with van der Waals surface area (Å²) in [5, 5.41) is 8.80. The minimum absolute atomic E-state index is 0.0267. The summed E-state index contributed by atoms with van der Waals surface area (Å²) in [5.74, 6) is -1.10. The Balaban J connectivity index is 2.22. The van der Waals surface area contributed by atoms with Crippen LogP contribution in [0.15, 0.2) is 24.3 Å². The zero-order valence-electron chi connectivity index (χ0n) is 13.5. The first-order valence-corrected chi connectivity index (χ1v) is 7.83. The molecule has 6 heteroatoms. The molecular formula is C17H22N2O4. The normalized spacial score (nSPS) is 13.5. The highest BCUT2D eigenvalue weighted by Crippen LogP contribution is 2.33. The van der Waals surface area contributed by atoms with E-state index in [4.69, 9.17) is 5.11 Å². The molecule has 0 spiro atoms. The SMILES string of the molecule is CCN(CCC(=O)O)C(=O)c1ccccc1N(C)C(=O)C1CC1. The van der Waals surface area contributed by atoms with Gasteiger partial charge in [0, 0.05) is 26.1 Å². The molecule has 6 nitrogen and oxygen atoms in total. The van der Waals surface area contributed by atoms with Gasteiger partial charge in [0.25, 0.3) is 5.91 Å². The Morgan fingerprint density at radius 3 is 2.43 bits per heavy atom. The molecule has 2 amide bonds. The molecule has 0 bridgehead atoms. The van der Waals surface area contributed by atoms with E-state index in [-0.39, 0.29) is 30.7 Å². The van der Waals surface area contributed by atoms with Crippen LogP contribution in [0.3, 0.4) is 0 Å². The van der Waals surface area contributed by atoms with Crippen LogP contribution in [0, 0.1) is 5.92 Å². The van der Waals surface area contributed by atoms with Crippen LogP contribution >= 0.6 is 0 Å². The molecule has 0 saturated heterocycles. The number of amides is 2. The summed E-state index contributed by atoms with van der Waals surface area (Å²) in [6.45, 7) is 2.38. The van der Waals surface area contributed by atoms with Gasteiger partial charge in [-0.2, -0.15) is 0 Å². The third-order valence-electron chi connectivity index (χ3n) is 4.02. The average Bonchev–Trinajstić information content (AvgIpc) is 3.38. The monoisotopic (exact) mass is 318 g/mol. The Kier molecular flexibility index (Phi) is 5.36. The van der Waals surface area contributed by atoms with Crippen LogP contribution < -0.4 is 4.90 Å². The molecule has 124 valence electrons. The summed E-state index contributed by atoms with van der Waals surface area (Å²) in [5.41, 5.74) is 0.999. The molecule has 1 N–H and O–H groups in total. The third-order valence-corrected chi connectivity index (χ3v) is 4.02. The summed E-state index contributed by atoms with van der Waals surface area (Å²) in [6.07, 6.45) is 1.70. The molecule has 1 aliphatic carbocycles. The molecule has 0 heterocycles. The Morgan fingerprint density at radius 2 is 1.87 bits per heavy atom. The van der Waals surface area contributed by atoms with Crippen LogP contribution in [0.1, 0.15) is 36.5 Å². The lowest BCUT2D eigenvalue weighted by Crippen LogP contribution is -2.35. The first-order chi connectivity index (χ1) is 11.0. The molecule has 0 aromatic heterocycles. The van der Waals surface area contributed by atoms with Crippen LogP contribution in [0.25, 0.3) is 0 Å². The quantitative estimate of drug-likeness (QED) is 0.834. The number of hydrogen-bond donors (Lipinski definition) is 1. The average molecular weight is 318 g/mol. The van der Waals surface area contributed by atoms with Crippen LogP contribution in [0.4, 0.5) is 5.69 Å². The molecule has 0 atom stereocenters. The second-order valence-corrected chi connectivity index (χ2v) is 5.72. The standard InChI is InChI=1S/C17H22N2O4/c1-3-19(11-10-15(20)21)17(23)13-6-4-5-7-14(13)18(2)16(22)12-8-9-12/h4-7,12H,3,8-11H2,1-2H3,(H,20,21). The van der Waals surface area contributed by atoms with Crippen molar-refractivity contribution >= 4 is 23.5 Å². The molecule has 2 rings (SSSR count). The number of carbonyl (C=O) groups excluding carboxylic acids is 2. The fourth-order valence-corrected chi connectivity index (χ4v) is 2.47. The van der Waals surface area contributed by atoms with E-state index >= 15 is 0 Å². The molecule has 0 unspecified atom stereocenters.